The van der Waals surface area contributed by atoms with Crippen molar-refractivity contribution in [3.8, 4) is 0 Å². The molecule has 1 unspecified atom stereocenters. The number of hydrogen-bond acceptors (Lipinski definition) is 2. The minimum Gasteiger partial charge on any atom is -0.385 e. The third-order valence-corrected chi connectivity index (χ3v) is 2.14. The van der Waals surface area contributed by atoms with Gasteiger partial charge in [-0.25, -0.2) is 0 Å². The molecule has 0 heterocycles. The summed E-state index contributed by atoms with van der Waals surface area (Å²) >= 11 is 0. The van der Waals surface area contributed by atoms with Crippen LogP contribution in [0.3, 0.4) is 0 Å². The highest BCUT2D eigenvalue weighted by atomic mass is 16.3. The number of allylic oxidation sites excluding steroid dienone is 2. The molecule has 1 rings (SSSR count). The van der Waals surface area contributed by atoms with E-state index in [1.54, 1.807) is 26.8 Å². The van der Waals surface area contributed by atoms with Gasteiger partial charge in [0.15, 0.2) is 5.78 Å². The third kappa shape index (κ3) is 1.26. The van der Waals surface area contributed by atoms with Crippen molar-refractivity contribution in [2.24, 2.45) is 0 Å². The molecule has 2 nitrogen and oxygen atoms in total. The largest absolute Gasteiger partial charge is 0.385 e. The van der Waals surface area contributed by atoms with E-state index in [9.17, 15) is 9.90 Å². The predicted molar refractivity (Wildman–Crippen MR) is 43.1 cm³/mol. The Morgan fingerprint density at radius 1 is 1.36 bits per heavy atom. The number of carbonyl (C=O) groups is 1. The van der Waals surface area contributed by atoms with Crippen molar-refractivity contribution in [3.63, 3.8) is 0 Å². The Morgan fingerprint density at radius 2 is 1.91 bits per heavy atom. The Kier molecular flexibility index (Phi) is 1.96. The van der Waals surface area contributed by atoms with E-state index in [-0.39, 0.29) is 5.78 Å². The van der Waals surface area contributed by atoms with Gasteiger partial charge in [-0.05, 0) is 43.6 Å². The molecule has 0 aromatic rings. The molecule has 0 aromatic heterocycles. The van der Waals surface area contributed by atoms with Crippen LogP contribution in [0.1, 0.15) is 20.8 Å². The van der Waals surface area contributed by atoms with E-state index in [2.05, 4.69) is 0 Å². The molecule has 1 aliphatic carbocycles. The lowest BCUT2D eigenvalue weighted by molar-refractivity contribution is -0.112. The fourth-order valence-electron chi connectivity index (χ4n) is 1.13. The molecule has 1 N–H and O–H groups in total. The van der Waals surface area contributed by atoms with Crippen molar-refractivity contribution < 1.29 is 9.90 Å². The summed E-state index contributed by atoms with van der Waals surface area (Å²) < 4.78 is 0. The number of rotatable bonds is 0. The summed E-state index contributed by atoms with van der Waals surface area (Å²) in [7, 11) is 0. The number of carbonyl (C=O) groups excluding carboxylic acids is 1. The molecule has 1 atom stereocenters. The van der Waals surface area contributed by atoms with Crippen molar-refractivity contribution in [3.05, 3.63) is 22.8 Å². The van der Waals surface area contributed by atoms with Gasteiger partial charge in [-0.1, -0.05) is 0 Å². The first-order valence-corrected chi connectivity index (χ1v) is 3.62. The summed E-state index contributed by atoms with van der Waals surface area (Å²) in [5.74, 6) is 0.0489. The molecule has 0 fully saturated rings. The molecule has 0 aromatic carbocycles. The normalized spacial score (nSPS) is 25.6. The van der Waals surface area contributed by atoms with Crippen molar-refractivity contribution in [2.45, 2.75) is 26.9 Å². The highest BCUT2D eigenvalue weighted by Crippen LogP contribution is 2.20. The van der Waals surface area contributed by atoms with Crippen LogP contribution in [0.4, 0.5) is 0 Å². The van der Waals surface area contributed by atoms with Gasteiger partial charge in [0.2, 0.25) is 0 Å². The number of Topliss-reactive ketones (excluding diaryl/α,β-unsaturated/α-hetero) is 1. The lowest BCUT2D eigenvalue weighted by Gasteiger charge is -2.16. The van der Waals surface area contributed by atoms with Gasteiger partial charge < -0.3 is 5.11 Å². The van der Waals surface area contributed by atoms with Crippen LogP contribution in [0.5, 0.6) is 0 Å². The van der Waals surface area contributed by atoms with Crippen molar-refractivity contribution in [1.29, 1.82) is 0 Å². The summed E-state index contributed by atoms with van der Waals surface area (Å²) in [5.41, 5.74) is 2.08. The lowest BCUT2D eigenvalue weighted by Crippen LogP contribution is -2.18. The molecule has 0 radical (unpaired) electrons. The Labute approximate surface area is 66.2 Å². The maximum Gasteiger partial charge on any atom is 0.184 e. The van der Waals surface area contributed by atoms with E-state index in [4.69, 9.17) is 0 Å². The third-order valence-electron chi connectivity index (χ3n) is 2.14. The first-order valence-electron chi connectivity index (χ1n) is 3.62. The Morgan fingerprint density at radius 3 is 2.45 bits per heavy atom. The number of ketones is 1. The summed E-state index contributed by atoms with van der Waals surface area (Å²) in [4.78, 5) is 11.2. The zero-order valence-corrected chi connectivity index (χ0v) is 7.01. The van der Waals surface area contributed by atoms with Crippen LogP contribution in [0.2, 0.25) is 0 Å². The maximum absolute atomic E-state index is 11.2. The zero-order chi connectivity index (χ0) is 8.59. The molecular formula is C9H12O2. The molecule has 0 aliphatic heterocycles. The van der Waals surface area contributed by atoms with E-state index in [1.165, 1.54) is 0 Å². The van der Waals surface area contributed by atoms with Gasteiger partial charge in [0.05, 0.1) is 6.10 Å². The minimum atomic E-state index is -0.562. The quantitative estimate of drug-likeness (QED) is 0.566. The molecule has 0 amide bonds. The second-order valence-electron chi connectivity index (χ2n) is 2.93. The van der Waals surface area contributed by atoms with Crippen LogP contribution in [0.15, 0.2) is 22.8 Å². The Hall–Kier alpha value is -0.890. The van der Waals surface area contributed by atoms with E-state index in [0.29, 0.717) is 11.1 Å². The van der Waals surface area contributed by atoms with E-state index >= 15 is 0 Å². The SMILES string of the molecule is CC1=CC(O)C(C)=C(C)C1=O. The first-order chi connectivity index (χ1) is 5.04. The minimum absolute atomic E-state index is 0.0489. The highest BCUT2D eigenvalue weighted by Gasteiger charge is 2.19. The Bertz CT molecular complexity index is 259. The van der Waals surface area contributed by atoms with Gasteiger partial charge in [-0.2, -0.15) is 0 Å². The first kappa shape index (κ1) is 8.21. The van der Waals surface area contributed by atoms with Crippen LogP contribution < -0.4 is 0 Å². The monoisotopic (exact) mass is 152 g/mol. The van der Waals surface area contributed by atoms with Crippen molar-refractivity contribution in [1.82, 2.24) is 0 Å². The van der Waals surface area contributed by atoms with E-state index in [1.807, 2.05) is 0 Å². The smallest absolute Gasteiger partial charge is 0.184 e. The molecular weight excluding hydrogens is 140 g/mol. The average molecular weight is 152 g/mol. The van der Waals surface area contributed by atoms with Gasteiger partial charge in [0.1, 0.15) is 0 Å². The van der Waals surface area contributed by atoms with Gasteiger partial charge >= 0.3 is 0 Å². The van der Waals surface area contributed by atoms with Crippen molar-refractivity contribution >= 4 is 5.78 Å². The van der Waals surface area contributed by atoms with Gasteiger partial charge in [0, 0.05) is 0 Å². The summed E-state index contributed by atoms with van der Waals surface area (Å²) in [5, 5.41) is 9.35. The van der Waals surface area contributed by atoms with Crippen LogP contribution in [0, 0.1) is 0 Å². The van der Waals surface area contributed by atoms with Gasteiger partial charge in [0.25, 0.3) is 0 Å². The van der Waals surface area contributed by atoms with Crippen LogP contribution >= 0.6 is 0 Å². The standard InChI is InChI=1S/C9H12O2/c1-5-4-8(10)6(2)7(3)9(5)11/h4,8,10H,1-3H3. The molecule has 1 aliphatic rings. The molecule has 60 valence electrons. The van der Waals surface area contributed by atoms with E-state index in [0.717, 1.165) is 5.57 Å². The van der Waals surface area contributed by atoms with Crippen LogP contribution in [0.25, 0.3) is 0 Å². The fourth-order valence-corrected chi connectivity index (χ4v) is 1.13. The predicted octanol–water partition coefficient (Wildman–Crippen LogP) is 1.21. The topological polar surface area (TPSA) is 37.3 Å². The number of aliphatic hydroxyl groups excluding tert-OH is 1. The lowest BCUT2D eigenvalue weighted by atomic mass is 9.91. The summed E-state index contributed by atoms with van der Waals surface area (Å²) in [6.45, 7) is 5.25. The van der Waals surface area contributed by atoms with Crippen molar-refractivity contribution in [2.75, 3.05) is 0 Å². The molecule has 0 saturated carbocycles. The number of aliphatic hydroxyl groups is 1. The van der Waals surface area contributed by atoms with Crippen LogP contribution in [-0.2, 0) is 4.79 Å². The zero-order valence-electron chi connectivity index (χ0n) is 7.01. The van der Waals surface area contributed by atoms with Crippen LogP contribution in [-0.4, -0.2) is 17.0 Å². The molecule has 2 heteroatoms. The molecule has 0 saturated heterocycles. The maximum atomic E-state index is 11.2. The summed E-state index contributed by atoms with van der Waals surface area (Å²) in [6, 6.07) is 0. The van der Waals surface area contributed by atoms with E-state index < -0.39 is 6.10 Å². The number of hydrogen-bond donors (Lipinski definition) is 1. The highest BCUT2D eigenvalue weighted by molar-refractivity contribution is 6.09. The van der Waals surface area contributed by atoms with Gasteiger partial charge in [-0.15, -0.1) is 0 Å². The van der Waals surface area contributed by atoms with Gasteiger partial charge in [-0.3, -0.25) is 4.79 Å². The summed E-state index contributed by atoms with van der Waals surface area (Å²) in [6.07, 6.45) is 1.03. The molecule has 0 spiro atoms. The fraction of sp³-hybridized carbons (Fsp3) is 0.444. The second kappa shape index (κ2) is 2.62. The molecule has 0 bridgehead atoms. The molecule has 11 heavy (non-hydrogen) atoms. The Balaban J connectivity index is 3.08. The average Bonchev–Trinajstić information content (AvgIpc) is 1.97. The second-order valence-corrected chi connectivity index (χ2v) is 2.93.